The maximum Gasteiger partial charge on any atom is 0.00668 e. The molecule has 1 nitrogen and oxygen atoms in total. The summed E-state index contributed by atoms with van der Waals surface area (Å²) in [5, 5.41) is 3.59. The molecule has 0 rings (SSSR count). The average molecular weight is 213 g/mol. The Bertz CT molecular complexity index is 117. The highest BCUT2D eigenvalue weighted by Gasteiger charge is 2.07. The Labute approximate surface area is 97.0 Å². The fourth-order valence-electron chi connectivity index (χ4n) is 2.34. The lowest BCUT2D eigenvalue weighted by Gasteiger charge is -2.18. The Morgan fingerprint density at radius 3 is 2.07 bits per heavy atom. The molecule has 2 atom stereocenters. The number of hydrogen-bond donors (Lipinski definition) is 1. The van der Waals surface area contributed by atoms with Gasteiger partial charge in [-0.25, -0.2) is 0 Å². The highest BCUT2D eigenvalue weighted by Crippen LogP contribution is 2.15. The second-order valence-electron chi connectivity index (χ2n) is 4.87. The van der Waals surface area contributed by atoms with Crippen LogP contribution in [0.5, 0.6) is 0 Å². The van der Waals surface area contributed by atoms with Gasteiger partial charge in [-0.05, 0) is 25.3 Å². The van der Waals surface area contributed by atoms with E-state index in [9.17, 15) is 0 Å². The maximum absolute atomic E-state index is 3.59. The van der Waals surface area contributed by atoms with E-state index in [1.165, 1.54) is 44.9 Å². The predicted molar refractivity (Wildman–Crippen MR) is 70.3 cm³/mol. The lowest BCUT2D eigenvalue weighted by atomic mass is 9.96. The lowest BCUT2D eigenvalue weighted by Crippen LogP contribution is -2.28. The van der Waals surface area contributed by atoms with Gasteiger partial charge >= 0.3 is 0 Å². The summed E-state index contributed by atoms with van der Waals surface area (Å²) >= 11 is 0. The molecule has 2 unspecified atom stereocenters. The zero-order valence-electron chi connectivity index (χ0n) is 11.3. The Morgan fingerprint density at radius 2 is 1.53 bits per heavy atom. The number of nitrogens with one attached hydrogen (secondary N) is 1. The van der Waals surface area contributed by atoms with Gasteiger partial charge in [0, 0.05) is 6.04 Å². The summed E-state index contributed by atoms with van der Waals surface area (Å²) < 4.78 is 0. The molecule has 0 saturated carbocycles. The summed E-state index contributed by atoms with van der Waals surface area (Å²) in [6, 6.07) is 0.772. The van der Waals surface area contributed by atoms with E-state index in [1.807, 2.05) is 0 Å². The Balaban J connectivity index is 3.51. The Hall–Kier alpha value is -0.0400. The van der Waals surface area contributed by atoms with E-state index in [0.717, 1.165) is 18.5 Å². The van der Waals surface area contributed by atoms with Gasteiger partial charge in [-0.2, -0.15) is 0 Å². The maximum atomic E-state index is 3.59. The topological polar surface area (TPSA) is 12.0 Å². The summed E-state index contributed by atoms with van der Waals surface area (Å²) in [6.07, 6.45) is 9.58. The first-order valence-electron chi connectivity index (χ1n) is 6.97. The molecule has 0 saturated heterocycles. The molecule has 0 aromatic rings. The van der Waals surface area contributed by atoms with Crippen LogP contribution in [-0.2, 0) is 0 Å². The first-order chi connectivity index (χ1) is 7.24. The molecule has 0 heterocycles. The van der Waals surface area contributed by atoms with Crippen molar-refractivity contribution in [1.29, 1.82) is 0 Å². The monoisotopic (exact) mass is 213 g/mol. The van der Waals surface area contributed by atoms with Crippen LogP contribution in [0.1, 0.15) is 72.6 Å². The molecule has 0 radical (unpaired) electrons. The van der Waals surface area contributed by atoms with Crippen molar-refractivity contribution < 1.29 is 0 Å². The van der Waals surface area contributed by atoms with Gasteiger partial charge in [0.25, 0.3) is 0 Å². The molecule has 0 fully saturated rings. The second-order valence-corrected chi connectivity index (χ2v) is 4.87. The van der Waals surface area contributed by atoms with Crippen molar-refractivity contribution in [2.24, 2.45) is 5.92 Å². The number of hydrogen-bond acceptors (Lipinski definition) is 1. The minimum Gasteiger partial charge on any atom is -0.314 e. The van der Waals surface area contributed by atoms with Crippen LogP contribution in [0.3, 0.4) is 0 Å². The van der Waals surface area contributed by atoms with E-state index < -0.39 is 0 Å². The molecule has 0 aromatic heterocycles. The van der Waals surface area contributed by atoms with Crippen molar-refractivity contribution >= 4 is 0 Å². The van der Waals surface area contributed by atoms with Gasteiger partial charge in [-0.1, -0.05) is 59.8 Å². The molecule has 1 N–H and O–H groups in total. The molecule has 0 aliphatic carbocycles. The molecule has 92 valence electrons. The van der Waals surface area contributed by atoms with Crippen LogP contribution < -0.4 is 5.32 Å². The van der Waals surface area contributed by atoms with Gasteiger partial charge in [-0.3, -0.25) is 0 Å². The van der Waals surface area contributed by atoms with Crippen molar-refractivity contribution in [2.75, 3.05) is 6.54 Å². The van der Waals surface area contributed by atoms with Crippen LogP contribution in [0.25, 0.3) is 0 Å². The SMILES string of the molecule is CCCC(C)CCCC(CCC)NCC. The van der Waals surface area contributed by atoms with Crippen molar-refractivity contribution in [3.63, 3.8) is 0 Å². The van der Waals surface area contributed by atoms with Gasteiger partial charge in [0.1, 0.15) is 0 Å². The summed E-state index contributed by atoms with van der Waals surface area (Å²) in [5.74, 6) is 0.930. The summed E-state index contributed by atoms with van der Waals surface area (Å²) in [6.45, 7) is 10.3. The van der Waals surface area contributed by atoms with Gasteiger partial charge in [0.2, 0.25) is 0 Å². The zero-order chi connectivity index (χ0) is 11.5. The molecule has 0 aromatic carbocycles. The fourth-order valence-corrected chi connectivity index (χ4v) is 2.34. The summed E-state index contributed by atoms with van der Waals surface area (Å²) in [5.41, 5.74) is 0. The highest BCUT2D eigenvalue weighted by molar-refractivity contribution is 4.66. The van der Waals surface area contributed by atoms with Crippen molar-refractivity contribution in [3.8, 4) is 0 Å². The molecule has 0 spiro atoms. The van der Waals surface area contributed by atoms with Crippen molar-refractivity contribution in [1.82, 2.24) is 5.32 Å². The Kier molecular flexibility index (Phi) is 10.4. The quantitative estimate of drug-likeness (QED) is 0.568. The third-order valence-electron chi connectivity index (χ3n) is 3.16. The normalized spacial score (nSPS) is 15.2. The molecule has 1 heteroatoms. The molecule has 0 amide bonds. The molecular weight excluding hydrogens is 182 g/mol. The number of rotatable bonds is 10. The van der Waals surface area contributed by atoms with E-state index in [1.54, 1.807) is 0 Å². The van der Waals surface area contributed by atoms with Gasteiger partial charge in [0.15, 0.2) is 0 Å². The molecule has 0 aliphatic rings. The van der Waals surface area contributed by atoms with Gasteiger partial charge in [0.05, 0.1) is 0 Å². The van der Waals surface area contributed by atoms with Crippen LogP contribution in [0.15, 0.2) is 0 Å². The van der Waals surface area contributed by atoms with E-state index in [2.05, 4.69) is 33.0 Å². The van der Waals surface area contributed by atoms with Gasteiger partial charge in [-0.15, -0.1) is 0 Å². The summed E-state index contributed by atoms with van der Waals surface area (Å²) in [4.78, 5) is 0. The van der Waals surface area contributed by atoms with E-state index >= 15 is 0 Å². The lowest BCUT2D eigenvalue weighted by molar-refractivity contribution is 0.401. The fraction of sp³-hybridized carbons (Fsp3) is 1.00. The molecular formula is C14H31N. The third kappa shape index (κ3) is 8.92. The van der Waals surface area contributed by atoms with Crippen molar-refractivity contribution in [2.45, 2.75) is 78.7 Å². The van der Waals surface area contributed by atoms with Crippen LogP contribution >= 0.6 is 0 Å². The largest absolute Gasteiger partial charge is 0.314 e. The van der Waals surface area contributed by atoms with E-state index in [4.69, 9.17) is 0 Å². The molecule has 15 heavy (non-hydrogen) atoms. The minimum atomic E-state index is 0.772. The summed E-state index contributed by atoms with van der Waals surface area (Å²) in [7, 11) is 0. The molecule has 0 bridgehead atoms. The van der Waals surface area contributed by atoms with Crippen LogP contribution in [0.2, 0.25) is 0 Å². The van der Waals surface area contributed by atoms with Crippen molar-refractivity contribution in [3.05, 3.63) is 0 Å². The Morgan fingerprint density at radius 1 is 0.867 bits per heavy atom. The van der Waals surface area contributed by atoms with E-state index in [0.29, 0.717) is 0 Å². The smallest absolute Gasteiger partial charge is 0.00668 e. The first-order valence-corrected chi connectivity index (χ1v) is 6.97. The van der Waals surface area contributed by atoms with Crippen LogP contribution in [-0.4, -0.2) is 12.6 Å². The van der Waals surface area contributed by atoms with Gasteiger partial charge < -0.3 is 5.32 Å². The zero-order valence-corrected chi connectivity index (χ0v) is 11.3. The average Bonchev–Trinajstić information content (AvgIpc) is 2.19. The highest BCUT2D eigenvalue weighted by atomic mass is 14.9. The van der Waals surface area contributed by atoms with Crippen LogP contribution in [0, 0.1) is 5.92 Å². The third-order valence-corrected chi connectivity index (χ3v) is 3.16. The second kappa shape index (κ2) is 10.5. The van der Waals surface area contributed by atoms with Crippen LogP contribution in [0.4, 0.5) is 0 Å². The standard InChI is InChI=1S/C14H31N/c1-5-9-13(4)11-8-12-14(10-6-2)15-7-3/h13-15H,5-12H2,1-4H3. The predicted octanol–water partition coefficient (Wildman–Crippen LogP) is 4.37. The minimum absolute atomic E-state index is 0.772. The van der Waals surface area contributed by atoms with E-state index in [-0.39, 0.29) is 0 Å². The first kappa shape index (κ1) is 15.0. The molecule has 0 aliphatic heterocycles.